The summed E-state index contributed by atoms with van der Waals surface area (Å²) in [6.07, 6.45) is 0.267. The second-order valence-electron chi connectivity index (χ2n) is 6.13. The van der Waals surface area contributed by atoms with Gasteiger partial charge in [-0.25, -0.2) is 0 Å². The number of benzene rings is 1. The van der Waals surface area contributed by atoms with Crippen molar-refractivity contribution in [3.8, 4) is 5.75 Å². The quantitative estimate of drug-likeness (QED) is 0.832. The molecule has 0 bridgehead atoms. The molecule has 1 saturated heterocycles. The van der Waals surface area contributed by atoms with Gasteiger partial charge in [-0.05, 0) is 38.5 Å². The average Bonchev–Trinajstić information content (AvgIpc) is 2.80. The zero-order chi connectivity index (χ0) is 18.2. The number of halogens is 1. The van der Waals surface area contributed by atoms with Crippen molar-refractivity contribution >= 4 is 23.4 Å². The van der Waals surface area contributed by atoms with E-state index in [-0.39, 0.29) is 11.8 Å². The largest absolute Gasteiger partial charge is 0.481 e. The lowest BCUT2D eigenvalue weighted by Gasteiger charge is -2.25. The fourth-order valence-electron chi connectivity index (χ4n) is 2.86. The van der Waals surface area contributed by atoms with Crippen LogP contribution in [0.3, 0.4) is 0 Å². The van der Waals surface area contributed by atoms with E-state index < -0.39 is 6.10 Å². The summed E-state index contributed by atoms with van der Waals surface area (Å²) < 4.78 is 5.72. The first-order valence-electron chi connectivity index (χ1n) is 8.69. The molecule has 1 atom stereocenters. The van der Waals surface area contributed by atoms with Crippen molar-refractivity contribution in [1.29, 1.82) is 0 Å². The molecule has 6 nitrogen and oxygen atoms in total. The fourth-order valence-corrected chi connectivity index (χ4v) is 3.04. The Labute approximate surface area is 154 Å². The Morgan fingerprint density at radius 2 is 2.08 bits per heavy atom. The van der Waals surface area contributed by atoms with Crippen LogP contribution in [0.1, 0.15) is 20.3 Å². The van der Waals surface area contributed by atoms with Gasteiger partial charge in [-0.15, -0.1) is 0 Å². The van der Waals surface area contributed by atoms with Crippen molar-refractivity contribution in [1.82, 2.24) is 15.1 Å². The van der Waals surface area contributed by atoms with E-state index >= 15 is 0 Å². The van der Waals surface area contributed by atoms with Gasteiger partial charge >= 0.3 is 0 Å². The minimum Gasteiger partial charge on any atom is -0.481 e. The highest BCUT2D eigenvalue weighted by Gasteiger charge is 2.25. The molecule has 0 saturated carbocycles. The summed E-state index contributed by atoms with van der Waals surface area (Å²) in [5, 5.41) is 3.38. The van der Waals surface area contributed by atoms with Gasteiger partial charge in [-0.1, -0.05) is 17.7 Å². The van der Waals surface area contributed by atoms with Gasteiger partial charge in [0.2, 0.25) is 5.91 Å². The second kappa shape index (κ2) is 9.63. The molecule has 0 aromatic heterocycles. The van der Waals surface area contributed by atoms with Crippen LogP contribution in [0.15, 0.2) is 24.3 Å². The van der Waals surface area contributed by atoms with E-state index in [1.54, 1.807) is 31.2 Å². The van der Waals surface area contributed by atoms with E-state index in [0.29, 0.717) is 43.5 Å². The van der Waals surface area contributed by atoms with Crippen molar-refractivity contribution in [2.24, 2.45) is 0 Å². The molecule has 2 rings (SSSR count). The summed E-state index contributed by atoms with van der Waals surface area (Å²) in [4.78, 5) is 28.3. The van der Waals surface area contributed by atoms with Crippen LogP contribution in [-0.2, 0) is 9.59 Å². The summed E-state index contributed by atoms with van der Waals surface area (Å²) in [5.74, 6) is 0.570. The maximum Gasteiger partial charge on any atom is 0.263 e. The third-order valence-corrected chi connectivity index (χ3v) is 4.33. The van der Waals surface area contributed by atoms with Crippen molar-refractivity contribution in [3.63, 3.8) is 0 Å². The van der Waals surface area contributed by atoms with Crippen LogP contribution >= 0.6 is 11.6 Å². The van der Waals surface area contributed by atoms with Crippen LogP contribution in [0.25, 0.3) is 0 Å². The molecule has 1 N–H and O–H groups in total. The fraction of sp³-hybridized carbons (Fsp3) is 0.556. The summed E-state index contributed by atoms with van der Waals surface area (Å²) in [6, 6.07) is 7.03. The van der Waals surface area contributed by atoms with E-state index in [0.717, 1.165) is 13.0 Å². The number of hydrogen-bond donors (Lipinski definition) is 1. The van der Waals surface area contributed by atoms with Crippen LogP contribution in [0.5, 0.6) is 5.75 Å². The molecule has 1 aromatic carbocycles. The summed E-state index contributed by atoms with van der Waals surface area (Å²) in [7, 11) is 0. The van der Waals surface area contributed by atoms with E-state index in [4.69, 9.17) is 16.3 Å². The molecule has 0 spiro atoms. The number of nitrogens with zero attached hydrogens (tertiary/aromatic N) is 2. The first-order valence-corrected chi connectivity index (χ1v) is 9.07. The molecule has 2 amide bonds. The number of ether oxygens (including phenoxy) is 1. The maximum absolute atomic E-state index is 12.6. The van der Waals surface area contributed by atoms with Crippen LogP contribution in [-0.4, -0.2) is 67.0 Å². The molecular weight excluding hydrogens is 342 g/mol. The summed E-state index contributed by atoms with van der Waals surface area (Å²) >= 11 is 5.94. The lowest BCUT2D eigenvalue weighted by molar-refractivity contribution is -0.137. The highest BCUT2D eigenvalue weighted by molar-refractivity contribution is 6.30. The van der Waals surface area contributed by atoms with E-state index in [9.17, 15) is 9.59 Å². The Kier molecular flexibility index (Phi) is 7.52. The van der Waals surface area contributed by atoms with E-state index in [1.165, 1.54) is 0 Å². The van der Waals surface area contributed by atoms with Gasteiger partial charge in [-0.3, -0.25) is 14.5 Å². The normalized spacial score (nSPS) is 16.8. The molecule has 25 heavy (non-hydrogen) atoms. The average molecular weight is 368 g/mol. The Hall–Kier alpha value is -1.79. The molecule has 1 heterocycles. The summed E-state index contributed by atoms with van der Waals surface area (Å²) in [5.41, 5.74) is 0. The minimum atomic E-state index is -0.576. The van der Waals surface area contributed by atoms with Gasteiger partial charge in [0.05, 0.1) is 6.54 Å². The molecule has 138 valence electrons. The monoisotopic (exact) mass is 367 g/mol. The van der Waals surface area contributed by atoms with Gasteiger partial charge in [0.1, 0.15) is 5.75 Å². The molecule has 1 aliphatic heterocycles. The van der Waals surface area contributed by atoms with Gasteiger partial charge in [0, 0.05) is 37.7 Å². The molecular formula is C18H26ClN3O3. The Morgan fingerprint density at radius 1 is 1.28 bits per heavy atom. The SMILES string of the molecule is CCNC(=O)CN1CCCN(C(=O)[C@H](C)Oc2cccc(Cl)c2)CC1. The lowest BCUT2D eigenvalue weighted by Crippen LogP contribution is -2.43. The zero-order valence-electron chi connectivity index (χ0n) is 14.8. The van der Waals surface area contributed by atoms with Crippen molar-refractivity contribution in [3.05, 3.63) is 29.3 Å². The maximum atomic E-state index is 12.6. The lowest BCUT2D eigenvalue weighted by atomic mass is 10.3. The molecule has 0 aliphatic carbocycles. The molecule has 7 heteroatoms. The Morgan fingerprint density at radius 3 is 2.80 bits per heavy atom. The topological polar surface area (TPSA) is 61.9 Å². The minimum absolute atomic E-state index is 0.0277. The van der Waals surface area contributed by atoms with Gasteiger partial charge in [0.15, 0.2) is 6.10 Å². The standard InChI is InChI=1S/C18H26ClN3O3/c1-3-20-17(23)13-21-8-5-9-22(11-10-21)18(24)14(2)25-16-7-4-6-15(19)12-16/h4,6-7,12,14H,3,5,8-11,13H2,1-2H3,(H,20,23)/t14-/m0/s1. The number of amides is 2. The van der Waals surface area contributed by atoms with Crippen LogP contribution in [0, 0.1) is 0 Å². The smallest absolute Gasteiger partial charge is 0.263 e. The summed E-state index contributed by atoms with van der Waals surface area (Å²) in [6.45, 7) is 7.44. The molecule has 0 unspecified atom stereocenters. The predicted octanol–water partition coefficient (Wildman–Crippen LogP) is 1.78. The third kappa shape index (κ3) is 6.21. The zero-order valence-corrected chi connectivity index (χ0v) is 15.6. The predicted molar refractivity (Wildman–Crippen MR) is 97.9 cm³/mol. The number of carbonyl (C=O) groups is 2. The van der Waals surface area contributed by atoms with Crippen molar-refractivity contribution in [2.75, 3.05) is 39.3 Å². The van der Waals surface area contributed by atoms with Crippen LogP contribution in [0.2, 0.25) is 5.02 Å². The first kappa shape index (κ1) is 19.5. The van der Waals surface area contributed by atoms with Gasteiger partial charge in [0.25, 0.3) is 5.91 Å². The highest BCUT2D eigenvalue weighted by atomic mass is 35.5. The number of rotatable bonds is 6. The number of likely N-dealkylation sites (N-methyl/N-ethyl adjacent to an activating group) is 1. The van der Waals surface area contributed by atoms with Crippen molar-refractivity contribution in [2.45, 2.75) is 26.4 Å². The molecule has 0 radical (unpaired) electrons. The Balaban J connectivity index is 1.86. The van der Waals surface area contributed by atoms with Crippen LogP contribution in [0.4, 0.5) is 0 Å². The van der Waals surface area contributed by atoms with Gasteiger partial charge in [-0.2, -0.15) is 0 Å². The first-order chi connectivity index (χ1) is 12.0. The Bertz CT molecular complexity index is 597. The van der Waals surface area contributed by atoms with Crippen LogP contribution < -0.4 is 10.1 Å². The van der Waals surface area contributed by atoms with Crippen molar-refractivity contribution < 1.29 is 14.3 Å². The third-order valence-electron chi connectivity index (χ3n) is 4.10. The molecule has 1 aliphatic rings. The molecule has 1 aromatic rings. The van der Waals surface area contributed by atoms with E-state index in [2.05, 4.69) is 10.2 Å². The number of nitrogens with one attached hydrogen (secondary N) is 1. The molecule has 1 fully saturated rings. The number of hydrogen-bond acceptors (Lipinski definition) is 4. The highest BCUT2D eigenvalue weighted by Crippen LogP contribution is 2.19. The van der Waals surface area contributed by atoms with Gasteiger partial charge < -0.3 is 15.0 Å². The second-order valence-corrected chi connectivity index (χ2v) is 6.56. The number of carbonyl (C=O) groups excluding carboxylic acids is 2. The van der Waals surface area contributed by atoms with E-state index in [1.807, 2.05) is 11.8 Å².